The zero-order valence-electron chi connectivity index (χ0n) is 9.33. The summed E-state index contributed by atoms with van der Waals surface area (Å²) in [7, 11) is 0. The highest BCUT2D eigenvalue weighted by Gasteiger charge is 2.26. The van der Waals surface area contributed by atoms with Crippen LogP contribution in [0.2, 0.25) is 5.02 Å². The van der Waals surface area contributed by atoms with E-state index in [2.05, 4.69) is 4.90 Å². The first-order valence-electron chi connectivity index (χ1n) is 5.55. The number of hydrogen-bond acceptors (Lipinski definition) is 2. The lowest BCUT2D eigenvalue weighted by molar-refractivity contribution is 0.295. The van der Waals surface area contributed by atoms with E-state index in [9.17, 15) is 4.39 Å². The van der Waals surface area contributed by atoms with Crippen LogP contribution in [-0.4, -0.2) is 22.5 Å². The summed E-state index contributed by atoms with van der Waals surface area (Å²) in [5, 5.41) is 0.154. The third-order valence-corrected chi connectivity index (χ3v) is 3.64. The summed E-state index contributed by atoms with van der Waals surface area (Å²) in [6, 6.07) is 5.03. The van der Waals surface area contributed by atoms with Crippen molar-refractivity contribution in [3.05, 3.63) is 34.6 Å². The second kappa shape index (κ2) is 5.29. The standard InChI is InChI=1S/C12H14ClFN2S/c13-9-4-3-8(6-10(9)14)7-16-5-1-2-11(16)12(15)17/h3-4,6,11H,1-2,5,7H2,(H2,15,17). The van der Waals surface area contributed by atoms with E-state index < -0.39 is 0 Å². The first-order valence-corrected chi connectivity index (χ1v) is 6.34. The van der Waals surface area contributed by atoms with Crippen molar-refractivity contribution in [3.63, 3.8) is 0 Å². The Morgan fingerprint density at radius 2 is 2.35 bits per heavy atom. The van der Waals surface area contributed by atoms with Crippen molar-refractivity contribution in [2.75, 3.05) is 6.54 Å². The van der Waals surface area contributed by atoms with Gasteiger partial charge in [0.05, 0.1) is 16.1 Å². The monoisotopic (exact) mass is 272 g/mol. The van der Waals surface area contributed by atoms with Gasteiger partial charge in [-0.3, -0.25) is 4.90 Å². The zero-order valence-corrected chi connectivity index (χ0v) is 10.9. The lowest BCUT2D eigenvalue weighted by Crippen LogP contribution is -2.38. The van der Waals surface area contributed by atoms with E-state index >= 15 is 0 Å². The maximum Gasteiger partial charge on any atom is 0.142 e. The van der Waals surface area contributed by atoms with Gasteiger partial charge in [0.1, 0.15) is 5.82 Å². The highest BCUT2D eigenvalue weighted by atomic mass is 35.5. The summed E-state index contributed by atoms with van der Waals surface area (Å²) in [5.41, 5.74) is 6.59. The van der Waals surface area contributed by atoms with Gasteiger partial charge < -0.3 is 5.73 Å². The highest BCUT2D eigenvalue weighted by molar-refractivity contribution is 7.80. The van der Waals surface area contributed by atoms with E-state index in [1.54, 1.807) is 6.07 Å². The maximum atomic E-state index is 13.3. The van der Waals surface area contributed by atoms with Gasteiger partial charge in [0.2, 0.25) is 0 Å². The first-order chi connectivity index (χ1) is 8.08. The maximum absolute atomic E-state index is 13.3. The number of halogens is 2. The molecule has 1 heterocycles. The second-order valence-corrected chi connectivity index (χ2v) is 5.16. The van der Waals surface area contributed by atoms with Crippen LogP contribution in [0.5, 0.6) is 0 Å². The van der Waals surface area contributed by atoms with E-state index in [0.717, 1.165) is 24.9 Å². The molecule has 0 aliphatic carbocycles. The number of benzene rings is 1. The van der Waals surface area contributed by atoms with E-state index in [-0.39, 0.29) is 16.9 Å². The van der Waals surface area contributed by atoms with Crippen LogP contribution < -0.4 is 5.73 Å². The topological polar surface area (TPSA) is 29.3 Å². The Bertz CT molecular complexity index is 439. The summed E-state index contributed by atoms with van der Waals surface area (Å²) < 4.78 is 13.3. The average molecular weight is 273 g/mol. The Labute approximate surface area is 111 Å². The Morgan fingerprint density at radius 1 is 1.59 bits per heavy atom. The molecule has 1 fully saturated rings. The van der Waals surface area contributed by atoms with E-state index in [4.69, 9.17) is 29.6 Å². The summed E-state index contributed by atoms with van der Waals surface area (Å²) in [5.74, 6) is -0.379. The van der Waals surface area contributed by atoms with Crippen molar-refractivity contribution < 1.29 is 4.39 Å². The third kappa shape index (κ3) is 2.94. The van der Waals surface area contributed by atoms with Crippen molar-refractivity contribution >= 4 is 28.8 Å². The molecule has 17 heavy (non-hydrogen) atoms. The minimum atomic E-state index is -0.379. The number of thiocarbonyl (C=S) groups is 1. The van der Waals surface area contributed by atoms with Gasteiger partial charge in [0.15, 0.2) is 0 Å². The first kappa shape index (κ1) is 12.7. The largest absolute Gasteiger partial charge is 0.392 e. The summed E-state index contributed by atoms with van der Waals surface area (Å²) in [6.45, 7) is 1.61. The van der Waals surface area contributed by atoms with Gasteiger partial charge in [-0.05, 0) is 37.1 Å². The van der Waals surface area contributed by atoms with E-state index in [0.29, 0.717) is 11.5 Å². The van der Waals surface area contributed by atoms with Crippen molar-refractivity contribution in [2.24, 2.45) is 5.73 Å². The normalized spacial score (nSPS) is 20.7. The van der Waals surface area contributed by atoms with Crippen LogP contribution in [-0.2, 0) is 6.54 Å². The number of hydrogen-bond donors (Lipinski definition) is 1. The van der Waals surface area contributed by atoms with Crippen LogP contribution in [0.3, 0.4) is 0 Å². The van der Waals surface area contributed by atoms with Gasteiger partial charge in [-0.25, -0.2) is 4.39 Å². The molecule has 2 N–H and O–H groups in total. The summed E-state index contributed by atoms with van der Waals surface area (Å²) in [6.07, 6.45) is 2.07. The lowest BCUT2D eigenvalue weighted by atomic mass is 10.2. The molecule has 1 unspecified atom stereocenters. The number of likely N-dealkylation sites (tertiary alicyclic amines) is 1. The van der Waals surface area contributed by atoms with Crippen molar-refractivity contribution in [1.82, 2.24) is 4.90 Å². The number of rotatable bonds is 3. The average Bonchev–Trinajstić information content (AvgIpc) is 2.72. The predicted octanol–water partition coefficient (Wildman–Crippen LogP) is 2.73. The smallest absolute Gasteiger partial charge is 0.142 e. The van der Waals surface area contributed by atoms with Crippen LogP contribution in [0.4, 0.5) is 4.39 Å². The van der Waals surface area contributed by atoms with Crippen LogP contribution in [0.1, 0.15) is 18.4 Å². The molecular weight excluding hydrogens is 259 g/mol. The van der Waals surface area contributed by atoms with Crippen molar-refractivity contribution in [3.8, 4) is 0 Å². The Morgan fingerprint density at radius 3 is 3.00 bits per heavy atom. The second-order valence-electron chi connectivity index (χ2n) is 4.28. The summed E-state index contributed by atoms with van der Waals surface area (Å²) >= 11 is 10.7. The molecule has 0 saturated carbocycles. The van der Waals surface area contributed by atoms with Gasteiger partial charge >= 0.3 is 0 Å². The highest BCUT2D eigenvalue weighted by Crippen LogP contribution is 2.22. The van der Waals surface area contributed by atoms with Crippen molar-refractivity contribution in [1.29, 1.82) is 0 Å². The fourth-order valence-corrected chi connectivity index (χ4v) is 2.59. The Balaban J connectivity index is 2.09. The third-order valence-electron chi connectivity index (χ3n) is 3.06. The van der Waals surface area contributed by atoms with Crippen LogP contribution in [0.15, 0.2) is 18.2 Å². The number of nitrogens with zero attached hydrogens (tertiary/aromatic N) is 1. The van der Waals surface area contributed by atoms with Gasteiger partial charge in [-0.15, -0.1) is 0 Å². The molecule has 92 valence electrons. The van der Waals surface area contributed by atoms with Gasteiger partial charge in [-0.2, -0.15) is 0 Å². The molecule has 0 spiro atoms. The van der Waals surface area contributed by atoms with Gasteiger partial charge in [0.25, 0.3) is 0 Å². The Kier molecular flexibility index (Phi) is 3.97. The molecule has 1 aromatic rings. The molecule has 1 aliphatic heterocycles. The predicted molar refractivity (Wildman–Crippen MR) is 71.6 cm³/mol. The Hall–Kier alpha value is -0.710. The molecular formula is C12H14ClFN2S. The molecule has 2 nitrogen and oxygen atoms in total. The fourth-order valence-electron chi connectivity index (χ4n) is 2.21. The molecule has 1 saturated heterocycles. The lowest BCUT2D eigenvalue weighted by Gasteiger charge is -2.23. The minimum absolute atomic E-state index is 0.142. The number of nitrogens with two attached hydrogens (primary N) is 1. The van der Waals surface area contributed by atoms with Crippen LogP contribution in [0.25, 0.3) is 0 Å². The van der Waals surface area contributed by atoms with E-state index in [1.807, 2.05) is 6.07 Å². The minimum Gasteiger partial charge on any atom is -0.392 e. The van der Waals surface area contributed by atoms with Crippen LogP contribution in [0, 0.1) is 5.82 Å². The SMILES string of the molecule is NC(=S)C1CCCN1Cc1ccc(Cl)c(F)c1. The fraction of sp³-hybridized carbons (Fsp3) is 0.417. The molecule has 1 atom stereocenters. The van der Waals surface area contributed by atoms with Crippen molar-refractivity contribution in [2.45, 2.75) is 25.4 Å². The quantitative estimate of drug-likeness (QED) is 0.858. The van der Waals surface area contributed by atoms with E-state index in [1.165, 1.54) is 6.07 Å². The molecule has 0 amide bonds. The molecule has 0 radical (unpaired) electrons. The molecule has 0 aromatic heterocycles. The molecule has 2 rings (SSSR count). The van der Waals surface area contributed by atoms with Gasteiger partial charge in [0, 0.05) is 6.54 Å². The van der Waals surface area contributed by atoms with Gasteiger partial charge in [-0.1, -0.05) is 29.9 Å². The molecule has 1 aliphatic rings. The molecule has 0 bridgehead atoms. The molecule has 1 aromatic carbocycles. The van der Waals surface area contributed by atoms with Crippen LogP contribution >= 0.6 is 23.8 Å². The zero-order chi connectivity index (χ0) is 12.4. The molecule has 5 heteroatoms. The summed E-state index contributed by atoms with van der Waals surface area (Å²) in [4.78, 5) is 2.71.